The quantitative estimate of drug-likeness (QED) is 0.199. The van der Waals surface area contributed by atoms with Crippen molar-refractivity contribution in [2.45, 2.75) is 0 Å². The van der Waals surface area contributed by atoms with Crippen molar-refractivity contribution in [1.29, 1.82) is 0 Å². The summed E-state index contributed by atoms with van der Waals surface area (Å²) < 4.78 is 57.5. The van der Waals surface area contributed by atoms with Gasteiger partial charge in [0.05, 0.1) is 8.22 Å². The Kier molecular flexibility index (Phi) is 4.11. The molecule has 0 saturated heterocycles. The zero-order valence-electron chi connectivity index (χ0n) is 29.0. The van der Waals surface area contributed by atoms with Gasteiger partial charge >= 0.3 is 0 Å². The SMILES string of the molecule is [2H]c1c([2H])c([2H])c2c(c1[2H])c([2H])c([2H])c1oc3cc(-c4c5ccccc5c(-c5cccc(-c6ccccc6)c5)c5ccccc45)ccc3c12. The summed E-state index contributed by atoms with van der Waals surface area (Å²) in [6, 6.07) is 39.9. The van der Waals surface area contributed by atoms with E-state index in [-0.39, 0.29) is 46.6 Å². The lowest BCUT2D eigenvalue weighted by molar-refractivity contribution is 0.669. The van der Waals surface area contributed by atoms with Crippen molar-refractivity contribution < 1.29 is 12.6 Å². The number of rotatable bonds is 3. The molecule has 0 aliphatic carbocycles. The van der Waals surface area contributed by atoms with Crippen LogP contribution in [0.4, 0.5) is 0 Å². The van der Waals surface area contributed by atoms with Gasteiger partial charge in [0.15, 0.2) is 0 Å². The van der Waals surface area contributed by atoms with Crippen LogP contribution < -0.4 is 0 Å². The smallest absolute Gasteiger partial charge is 0.136 e. The average Bonchev–Trinajstić information content (AvgIpc) is 3.52. The van der Waals surface area contributed by atoms with E-state index >= 15 is 0 Å². The highest BCUT2D eigenvalue weighted by molar-refractivity contribution is 6.23. The summed E-state index contributed by atoms with van der Waals surface area (Å²) in [4.78, 5) is 0. The van der Waals surface area contributed by atoms with E-state index in [1.54, 1.807) is 0 Å². The third-order valence-electron chi connectivity index (χ3n) is 8.41. The minimum atomic E-state index is -0.422. The number of benzene rings is 8. The van der Waals surface area contributed by atoms with Crippen LogP contribution in [0.15, 0.2) is 162 Å². The summed E-state index contributed by atoms with van der Waals surface area (Å²) in [5.41, 5.74) is 7.14. The minimum Gasteiger partial charge on any atom is -0.456 e. The first-order valence-corrected chi connectivity index (χ1v) is 14.3. The van der Waals surface area contributed by atoms with Gasteiger partial charge in [-0.1, -0.05) is 133 Å². The van der Waals surface area contributed by atoms with Gasteiger partial charge in [-0.25, -0.2) is 0 Å². The molecule has 0 aliphatic rings. The molecule has 0 fully saturated rings. The van der Waals surface area contributed by atoms with Crippen LogP contribution in [-0.4, -0.2) is 0 Å². The summed E-state index contributed by atoms with van der Waals surface area (Å²) >= 11 is 0. The Morgan fingerprint density at radius 3 is 1.72 bits per heavy atom. The van der Waals surface area contributed by atoms with Crippen LogP contribution in [0.3, 0.4) is 0 Å². The molecule has 0 bridgehead atoms. The molecule has 9 rings (SSSR count). The van der Waals surface area contributed by atoms with E-state index in [0.29, 0.717) is 16.4 Å². The van der Waals surface area contributed by atoms with Crippen LogP contribution >= 0.6 is 0 Å². The lowest BCUT2D eigenvalue weighted by Gasteiger charge is -2.18. The number of hydrogen-bond donors (Lipinski definition) is 0. The second kappa shape index (κ2) is 9.44. The molecular weight excluding hydrogens is 520 g/mol. The minimum absolute atomic E-state index is 0.0270. The van der Waals surface area contributed by atoms with Crippen LogP contribution in [-0.2, 0) is 0 Å². The molecule has 0 amide bonds. The zero-order valence-corrected chi connectivity index (χ0v) is 23.0. The number of fused-ring (bicyclic) bond motifs is 7. The standard InChI is InChI=1S/C42H26O/c1-2-11-27(12-3-1)29-14-10-15-30(25-29)40-33-17-6-8-19-35(33)41(36-20-9-7-18-34(36)40)31-21-23-37-39(26-31)43-38-24-22-28-13-4-5-16-32(28)42(37)38/h1-26H/i4D,5D,13D,16D,22D,24D. The van der Waals surface area contributed by atoms with Crippen LogP contribution in [0.5, 0.6) is 0 Å². The predicted molar refractivity (Wildman–Crippen MR) is 183 cm³/mol. The Balaban J connectivity index is 1.33. The van der Waals surface area contributed by atoms with Crippen LogP contribution in [0, 0.1) is 0 Å². The van der Waals surface area contributed by atoms with Gasteiger partial charge in [0.1, 0.15) is 11.2 Å². The highest BCUT2D eigenvalue weighted by atomic mass is 16.3. The van der Waals surface area contributed by atoms with E-state index < -0.39 is 6.04 Å². The maximum Gasteiger partial charge on any atom is 0.136 e. The summed E-state index contributed by atoms with van der Waals surface area (Å²) in [5, 5.41) is 5.65. The van der Waals surface area contributed by atoms with Crippen molar-refractivity contribution in [1.82, 2.24) is 0 Å². The fourth-order valence-corrected chi connectivity index (χ4v) is 6.54. The van der Waals surface area contributed by atoms with E-state index in [0.717, 1.165) is 54.9 Å². The molecule has 0 saturated carbocycles. The van der Waals surface area contributed by atoms with Gasteiger partial charge in [0, 0.05) is 10.8 Å². The molecule has 0 N–H and O–H groups in total. The second-order valence-electron chi connectivity index (χ2n) is 10.8. The molecule has 1 heteroatoms. The van der Waals surface area contributed by atoms with E-state index in [4.69, 9.17) is 12.6 Å². The summed E-state index contributed by atoms with van der Waals surface area (Å²) in [6.45, 7) is 0. The molecule has 200 valence electrons. The Hall–Kier alpha value is -5.66. The van der Waals surface area contributed by atoms with Gasteiger partial charge < -0.3 is 4.42 Å². The topological polar surface area (TPSA) is 13.1 Å². The predicted octanol–water partition coefficient (Wildman–Crippen LogP) is 12.0. The van der Waals surface area contributed by atoms with Gasteiger partial charge in [0.25, 0.3) is 0 Å². The lowest BCUT2D eigenvalue weighted by Crippen LogP contribution is -1.91. The van der Waals surface area contributed by atoms with Gasteiger partial charge in [-0.3, -0.25) is 0 Å². The van der Waals surface area contributed by atoms with Crippen LogP contribution in [0.25, 0.3) is 87.6 Å². The van der Waals surface area contributed by atoms with Crippen molar-refractivity contribution in [2.75, 3.05) is 0 Å². The zero-order chi connectivity index (χ0) is 33.6. The molecule has 0 unspecified atom stereocenters. The van der Waals surface area contributed by atoms with Crippen molar-refractivity contribution in [3.05, 3.63) is 158 Å². The Labute approximate surface area is 257 Å². The number of hydrogen-bond acceptors (Lipinski definition) is 1. The number of furan rings is 1. The lowest BCUT2D eigenvalue weighted by atomic mass is 9.85. The monoisotopic (exact) mass is 552 g/mol. The molecular formula is C42H26O. The van der Waals surface area contributed by atoms with Crippen molar-refractivity contribution in [3.8, 4) is 33.4 Å². The Morgan fingerprint density at radius 1 is 0.395 bits per heavy atom. The molecule has 1 nitrogen and oxygen atoms in total. The maximum absolute atomic E-state index is 8.77. The third-order valence-corrected chi connectivity index (χ3v) is 8.41. The first kappa shape index (κ1) is 18.7. The van der Waals surface area contributed by atoms with Crippen molar-refractivity contribution in [3.63, 3.8) is 0 Å². The maximum atomic E-state index is 8.77. The molecule has 9 aromatic rings. The fourth-order valence-electron chi connectivity index (χ4n) is 6.54. The summed E-state index contributed by atoms with van der Waals surface area (Å²) in [6.07, 6.45) is 0. The highest BCUT2D eigenvalue weighted by Crippen LogP contribution is 2.45. The van der Waals surface area contributed by atoms with Gasteiger partial charge in [-0.15, -0.1) is 0 Å². The molecule has 0 atom stereocenters. The Bertz CT molecular complexity index is 2780. The molecule has 43 heavy (non-hydrogen) atoms. The van der Waals surface area contributed by atoms with Crippen molar-refractivity contribution >= 4 is 54.3 Å². The molecule has 1 aromatic heterocycles. The van der Waals surface area contributed by atoms with E-state index in [9.17, 15) is 0 Å². The van der Waals surface area contributed by atoms with E-state index in [2.05, 4.69) is 84.9 Å². The molecule has 1 heterocycles. The molecule has 8 aromatic carbocycles. The first-order chi connectivity index (χ1) is 23.8. The Morgan fingerprint density at radius 2 is 1.00 bits per heavy atom. The van der Waals surface area contributed by atoms with Gasteiger partial charge in [-0.05, 0) is 89.9 Å². The van der Waals surface area contributed by atoms with E-state index in [1.807, 2.05) is 36.4 Å². The average molecular weight is 553 g/mol. The molecule has 0 radical (unpaired) electrons. The van der Waals surface area contributed by atoms with Crippen LogP contribution in [0.1, 0.15) is 8.22 Å². The van der Waals surface area contributed by atoms with Gasteiger partial charge in [0.2, 0.25) is 0 Å². The highest BCUT2D eigenvalue weighted by Gasteiger charge is 2.18. The summed E-state index contributed by atoms with van der Waals surface area (Å²) in [7, 11) is 0. The second-order valence-corrected chi connectivity index (χ2v) is 10.8. The third kappa shape index (κ3) is 3.72. The normalized spacial score (nSPS) is 13.7. The van der Waals surface area contributed by atoms with Crippen molar-refractivity contribution in [2.24, 2.45) is 0 Å². The van der Waals surface area contributed by atoms with Gasteiger partial charge in [-0.2, -0.15) is 0 Å². The first-order valence-electron chi connectivity index (χ1n) is 17.3. The van der Waals surface area contributed by atoms with Crippen LogP contribution in [0.2, 0.25) is 0 Å². The molecule has 0 aliphatic heterocycles. The van der Waals surface area contributed by atoms with E-state index in [1.165, 1.54) is 0 Å². The summed E-state index contributed by atoms with van der Waals surface area (Å²) in [5.74, 6) is 0. The largest absolute Gasteiger partial charge is 0.456 e. The fraction of sp³-hybridized carbons (Fsp3) is 0. The molecule has 0 spiro atoms.